The Morgan fingerprint density at radius 1 is 1.07 bits per heavy atom. The standard InChI is InChI=1S/C22H23N3O2S/c1-21(2,3)14-9-11-15(12-10-14)22(4)19(26)25(20(27)24-22)13-18-23-16-7-5-6-8-17(16)28-18/h5-12H,13H2,1-4H3,(H,24,27). The van der Waals surface area contributed by atoms with Gasteiger partial charge in [-0.3, -0.25) is 9.69 Å². The van der Waals surface area contributed by atoms with Crippen molar-refractivity contribution < 1.29 is 9.59 Å². The van der Waals surface area contributed by atoms with Crippen LogP contribution in [0.5, 0.6) is 0 Å². The third-order valence-electron chi connectivity index (χ3n) is 5.23. The lowest BCUT2D eigenvalue weighted by atomic mass is 9.84. The molecule has 1 aromatic heterocycles. The van der Waals surface area contributed by atoms with Gasteiger partial charge in [0.25, 0.3) is 5.91 Å². The van der Waals surface area contributed by atoms with E-state index in [0.29, 0.717) is 0 Å². The molecule has 3 aromatic rings. The molecule has 1 saturated heterocycles. The number of carbonyl (C=O) groups is 2. The van der Waals surface area contributed by atoms with Gasteiger partial charge in [0.2, 0.25) is 0 Å². The summed E-state index contributed by atoms with van der Waals surface area (Å²) in [4.78, 5) is 31.6. The normalized spacial score (nSPS) is 20.1. The van der Waals surface area contributed by atoms with Crippen molar-refractivity contribution in [3.8, 4) is 0 Å². The Kier molecular flexibility index (Phi) is 4.27. The van der Waals surface area contributed by atoms with E-state index < -0.39 is 5.54 Å². The number of benzene rings is 2. The average molecular weight is 394 g/mol. The first-order chi connectivity index (χ1) is 13.2. The number of rotatable bonds is 3. The molecule has 1 atom stereocenters. The van der Waals surface area contributed by atoms with Crippen molar-refractivity contribution in [2.45, 2.75) is 45.2 Å². The predicted molar refractivity (Wildman–Crippen MR) is 111 cm³/mol. The van der Waals surface area contributed by atoms with Gasteiger partial charge in [-0.25, -0.2) is 9.78 Å². The largest absolute Gasteiger partial charge is 0.325 e. The summed E-state index contributed by atoms with van der Waals surface area (Å²) in [6.07, 6.45) is 0. The highest BCUT2D eigenvalue weighted by Gasteiger charge is 2.49. The Balaban J connectivity index is 1.60. The number of thiazole rings is 1. The van der Waals surface area contributed by atoms with Gasteiger partial charge in [0.15, 0.2) is 0 Å². The van der Waals surface area contributed by atoms with E-state index in [2.05, 4.69) is 31.1 Å². The molecule has 1 aliphatic rings. The SMILES string of the molecule is CC(C)(C)c1ccc(C2(C)NC(=O)N(Cc3nc4ccccc4s3)C2=O)cc1. The van der Waals surface area contributed by atoms with Crippen LogP contribution in [-0.4, -0.2) is 21.8 Å². The fraction of sp³-hybridized carbons (Fsp3) is 0.318. The van der Waals surface area contributed by atoms with Gasteiger partial charge < -0.3 is 5.32 Å². The third kappa shape index (κ3) is 3.07. The molecule has 4 rings (SSSR count). The maximum absolute atomic E-state index is 13.2. The lowest BCUT2D eigenvalue weighted by Crippen LogP contribution is -2.40. The topological polar surface area (TPSA) is 62.3 Å². The van der Waals surface area contributed by atoms with Crippen LogP contribution in [0.1, 0.15) is 43.8 Å². The molecule has 1 N–H and O–H groups in total. The molecule has 1 aliphatic heterocycles. The smallest absolute Gasteiger partial charge is 0.319 e. The van der Waals surface area contributed by atoms with Crippen molar-refractivity contribution in [2.24, 2.45) is 0 Å². The number of hydrogen-bond acceptors (Lipinski definition) is 4. The number of para-hydroxylation sites is 1. The van der Waals surface area contributed by atoms with E-state index in [-0.39, 0.29) is 23.9 Å². The summed E-state index contributed by atoms with van der Waals surface area (Å²) in [5, 5.41) is 3.62. The van der Waals surface area contributed by atoms with Gasteiger partial charge in [-0.15, -0.1) is 11.3 Å². The first kappa shape index (κ1) is 18.6. The molecule has 6 heteroatoms. The summed E-state index contributed by atoms with van der Waals surface area (Å²) in [5.74, 6) is -0.250. The minimum absolute atomic E-state index is 0.0290. The highest BCUT2D eigenvalue weighted by Crippen LogP contribution is 2.32. The van der Waals surface area contributed by atoms with E-state index in [1.165, 1.54) is 21.8 Å². The number of urea groups is 1. The zero-order valence-corrected chi connectivity index (χ0v) is 17.3. The van der Waals surface area contributed by atoms with Crippen LogP contribution < -0.4 is 5.32 Å². The zero-order valence-electron chi connectivity index (χ0n) is 16.4. The van der Waals surface area contributed by atoms with E-state index in [9.17, 15) is 9.59 Å². The Morgan fingerprint density at radius 3 is 2.39 bits per heavy atom. The first-order valence-corrected chi connectivity index (χ1v) is 10.1. The van der Waals surface area contributed by atoms with Crippen molar-refractivity contribution >= 4 is 33.5 Å². The average Bonchev–Trinajstić information content (AvgIpc) is 3.15. The van der Waals surface area contributed by atoms with Crippen molar-refractivity contribution in [1.82, 2.24) is 15.2 Å². The molecule has 3 amide bonds. The second-order valence-electron chi connectivity index (χ2n) is 8.35. The zero-order chi connectivity index (χ0) is 20.1. The molecule has 28 heavy (non-hydrogen) atoms. The summed E-state index contributed by atoms with van der Waals surface area (Å²) < 4.78 is 1.05. The van der Waals surface area contributed by atoms with E-state index in [1.807, 2.05) is 48.5 Å². The van der Waals surface area contributed by atoms with Gasteiger partial charge >= 0.3 is 6.03 Å². The summed E-state index contributed by atoms with van der Waals surface area (Å²) >= 11 is 1.50. The number of hydrogen-bond donors (Lipinski definition) is 1. The molecule has 2 aromatic carbocycles. The minimum atomic E-state index is -1.07. The summed E-state index contributed by atoms with van der Waals surface area (Å²) in [6.45, 7) is 8.38. The van der Waals surface area contributed by atoms with E-state index in [0.717, 1.165) is 20.8 Å². The van der Waals surface area contributed by atoms with Crippen molar-refractivity contribution in [2.75, 3.05) is 0 Å². The quantitative estimate of drug-likeness (QED) is 0.664. The van der Waals surface area contributed by atoms with Crippen LogP contribution in [-0.2, 0) is 22.3 Å². The second-order valence-corrected chi connectivity index (χ2v) is 9.46. The summed E-state index contributed by atoms with van der Waals surface area (Å²) in [6, 6.07) is 15.3. The molecule has 0 saturated carbocycles. The molecule has 1 fully saturated rings. The summed E-state index contributed by atoms with van der Waals surface area (Å²) in [7, 11) is 0. The highest BCUT2D eigenvalue weighted by atomic mass is 32.1. The number of fused-ring (bicyclic) bond motifs is 1. The van der Waals surface area contributed by atoms with Gasteiger partial charge in [0.1, 0.15) is 10.5 Å². The number of nitrogens with zero attached hydrogens (tertiary/aromatic N) is 2. The highest BCUT2D eigenvalue weighted by molar-refractivity contribution is 7.18. The van der Waals surface area contributed by atoms with Gasteiger partial charge in [-0.05, 0) is 35.6 Å². The Labute approximate surface area is 168 Å². The molecule has 5 nitrogen and oxygen atoms in total. The number of aromatic nitrogens is 1. The van der Waals surface area contributed by atoms with Gasteiger partial charge in [0, 0.05) is 0 Å². The number of carbonyl (C=O) groups excluding carboxylic acids is 2. The van der Waals surface area contributed by atoms with Crippen LogP contribution in [0.4, 0.5) is 4.79 Å². The monoisotopic (exact) mass is 393 g/mol. The Morgan fingerprint density at radius 2 is 1.75 bits per heavy atom. The molecule has 144 valence electrons. The van der Waals surface area contributed by atoms with Crippen LogP contribution in [0.2, 0.25) is 0 Å². The van der Waals surface area contributed by atoms with Crippen molar-refractivity contribution in [3.05, 3.63) is 64.7 Å². The molecule has 0 aliphatic carbocycles. The van der Waals surface area contributed by atoms with Crippen LogP contribution >= 0.6 is 11.3 Å². The third-order valence-corrected chi connectivity index (χ3v) is 6.26. The summed E-state index contributed by atoms with van der Waals surface area (Å²) in [5.41, 5.74) is 1.81. The van der Waals surface area contributed by atoms with Crippen LogP contribution in [0, 0.1) is 0 Å². The molecule has 0 spiro atoms. The fourth-order valence-corrected chi connectivity index (χ4v) is 4.42. The lowest BCUT2D eigenvalue weighted by Gasteiger charge is -2.24. The van der Waals surface area contributed by atoms with Crippen LogP contribution in [0.15, 0.2) is 48.5 Å². The molecular weight excluding hydrogens is 370 g/mol. The maximum Gasteiger partial charge on any atom is 0.325 e. The molecule has 0 radical (unpaired) electrons. The minimum Gasteiger partial charge on any atom is -0.319 e. The van der Waals surface area contributed by atoms with E-state index >= 15 is 0 Å². The van der Waals surface area contributed by atoms with Crippen molar-refractivity contribution in [1.29, 1.82) is 0 Å². The van der Waals surface area contributed by atoms with Crippen LogP contribution in [0.25, 0.3) is 10.2 Å². The van der Waals surface area contributed by atoms with Crippen molar-refractivity contribution in [3.63, 3.8) is 0 Å². The lowest BCUT2D eigenvalue weighted by molar-refractivity contribution is -0.131. The Hall–Kier alpha value is -2.73. The van der Waals surface area contributed by atoms with Gasteiger partial charge in [0.05, 0.1) is 16.8 Å². The molecular formula is C22H23N3O2S. The number of nitrogens with one attached hydrogen (secondary N) is 1. The predicted octanol–water partition coefficient (Wildman–Crippen LogP) is 4.56. The Bertz CT molecular complexity index is 1030. The van der Waals surface area contributed by atoms with Gasteiger partial charge in [-0.2, -0.15) is 0 Å². The number of imide groups is 1. The molecule has 1 unspecified atom stereocenters. The van der Waals surface area contributed by atoms with Crippen LogP contribution in [0.3, 0.4) is 0 Å². The number of amides is 3. The maximum atomic E-state index is 13.2. The second kappa shape index (κ2) is 6.41. The molecule has 2 heterocycles. The van der Waals surface area contributed by atoms with Gasteiger partial charge in [-0.1, -0.05) is 57.2 Å². The molecule has 0 bridgehead atoms. The first-order valence-electron chi connectivity index (χ1n) is 9.28. The van der Waals surface area contributed by atoms with E-state index in [4.69, 9.17) is 0 Å². The van der Waals surface area contributed by atoms with E-state index in [1.54, 1.807) is 6.92 Å². The fourth-order valence-electron chi connectivity index (χ4n) is 3.46.